The van der Waals surface area contributed by atoms with Gasteiger partial charge in [-0.05, 0) is 68.3 Å². The first-order chi connectivity index (χ1) is 17.3. The number of allylic oxidation sites excluding steroid dienone is 4. The maximum Gasteiger partial charge on any atom is 0.182 e. The van der Waals surface area contributed by atoms with Gasteiger partial charge in [0.2, 0.25) is 0 Å². The summed E-state index contributed by atoms with van der Waals surface area (Å²) in [4.78, 5) is 15.1. The molecule has 0 aromatic heterocycles. The summed E-state index contributed by atoms with van der Waals surface area (Å²) < 4.78 is 0.918. The maximum atomic E-state index is 14.9. The van der Waals surface area contributed by atoms with E-state index in [1.807, 2.05) is 12.1 Å². The standard InChI is InChI=1S/C34H34Br2O/c1-32(2,3)21-7-11-23(12-8-21)34(24-13-9-22(10-14-24)33(4,5)6)30-20-26(36)16-18-28(30)27-17-15-25(35)19-29(27)31(34)37/h7-19,26H,20H2,1-6H3. The minimum Gasteiger partial charge on any atom is -0.292 e. The summed E-state index contributed by atoms with van der Waals surface area (Å²) in [6.45, 7) is 13.4. The molecule has 3 heteroatoms. The molecule has 0 bridgehead atoms. The van der Waals surface area contributed by atoms with E-state index in [0.717, 1.165) is 38.7 Å². The van der Waals surface area contributed by atoms with Gasteiger partial charge >= 0.3 is 0 Å². The van der Waals surface area contributed by atoms with Crippen molar-refractivity contribution in [1.29, 1.82) is 0 Å². The number of fused-ring (bicyclic) bond motifs is 2. The van der Waals surface area contributed by atoms with E-state index < -0.39 is 5.41 Å². The SMILES string of the molecule is CC(C)(C)c1ccc(C2(c3ccc(C(C)(C)C)cc3)C(=O)c3cc(Br)ccc3C3=C2CC(Br)C=C3)cc1. The third-order valence-electron chi connectivity index (χ3n) is 7.87. The van der Waals surface area contributed by atoms with Gasteiger partial charge in [-0.25, -0.2) is 0 Å². The molecule has 0 heterocycles. The van der Waals surface area contributed by atoms with E-state index in [-0.39, 0.29) is 21.4 Å². The van der Waals surface area contributed by atoms with Crippen molar-refractivity contribution in [3.05, 3.63) is 122 Å². The molecule has 3 aromatic carbocycles. The Labute approximate surface area is 238 Å². The van der Waals surface area contributed by atoms with Gasteiger partial charge in [0.05, 0.1) is 0 Å². The normalized spacial score (nSPS) is 19.0. The average Bonchev–Trinajstić information content (AvgIpc) is 2.84. The van der Waals surface area contributed by atoms with Gasteiger partial charge in [-0.2, -0.15) is 0 Å². The zero-order valence-corrected chi connectivity index (χ0v) is 25.6. The number of carbonyl (C=O) groups is 1. The highest BCUT2D eigenvalue weighted by Crippen LogP contribution is 2.53. The second kappa shape index (κ2) is 9.20. The van der Waals surface area contributed by atoms with E-state index in [9.17, 15) is 4.79 Å². The molecule has 1 nitrogen and oxygen atoms in total. The first-order valence-electron chi connectivity index (χ1n) is 13.0. The fraction of sp³-hybridized carbons (Fsp3) is 0.324. The topological polar surface area (TPSA) is 17.1 Å². The van der Waals surface area contributed by atoms with Crippen molar-refractivity contribution in [2.75, 3.05) is 0 Å². The Balaban J connectivity index is 1.86. The summed E-state index contributed by atoms with van der Waals surface area (Å²) in [5, 5.41) is 0. The molecule has 0 saturated heterocycles. The van der Waals surface area contributed by atoms with Crippen LogP contribution in [0, 0.1) is 0 Å². The number of halogens is 2. The van der Waals surface area contributed by atoms with E-state index in [1.54, 1.807) is 0 Å². The van der Waals surface area contributed by atoms with Gasteiger partial charge in [0, 0.05) is 14.9 Å². The minimum absolute atomic E-state index is 0.0348. The Morgan fingerprint density at radius 3 is 1.76 bits per heavy atom. The number of Topliss-reactive ketones (excluding diaryl/α,β-unsaturated/α-hetero) is 1. The van der Waals surface area contributed by atoms with Crippen molar-refractivity contribution in [2.45, 2.75) is 69.0 Å². The maximum absolute atomic E-state index is 14.9. The van der Waals surface area contributed by atoms with Gasteiger partial charge in [-0.15, -0.1) is 0 Å². The molecule has 0 fully saturated rings. The summed E-state index contributed by atoms with van der Waals surface area (Å²) in [5.74, 6) is 0.143. The van der Waals surface area contributed by atoms with Gasteiger partial charge in [-0.3, -0.25) is 4.79 Å². The fourth-order valence-corrected chi connectivity index (χ4v) is 6.62. The molecule has 2 aliphatic rings. The molecule has 0 N–H and O–H groups in total. The van der Waals surface area contributed by atoms with Gasteiger partial charge in [0.15, 0.2) is 5.78 Å². The highest BCUT2D eigenvalue weighted by atomic mass is 79.9. The first-order valence-corrected chi connectivity index (χ1v) is 14.7. The predicted molar refractivity (Wildman–Crippen MR) is 163 cm³/mol. The van der Waals surface area contributed by atoms with Crippen LogP contribution in [0.5, 0.6) is 0 Å². The van der Waals surface area contributed by atoms with Gasteiger partial charge in [0.25, 0.3) is 0 Å². The lowest BCUT2D eigenvalue weighted by atomic mass is 9.58. The van der Waals surface area contributed by atoms with Crippen molar-refractivity contribution in [3.63, 3.8) is 0 Å². The second-order valence-corrected chi connectivity index (χ2v) is 14.5. The van der Waals surface area contributed by atoms with Crippen LogP contribution < -0.4 is 0 Å². The van der Waals surface area contributed by atoms with Crippen molar-refractivity contribution in [3.8, 4) is 0 Å². The van der Waals surface area contributed by atoms with E-state index in [1.165, 1.54) is 16.7 Å². The number of rotatable bonds is 2. The molecular formula is C34H34Br2O. The lowest BCUT2D eigenvalue weighted by molar-refractivity contribution is 0.0928. The van der Waals surface area contributed by atoms with E-state index in [4.69, 9.17) is 0 Å². The van der Waals surface area contributed by atoms with Crippen LogP contribution in [0.25, 0.3) is 5.57 Å². The van der Waals surface area contributed by atoms with Crippen molar-refractivity contribution >= 4 is 43.2 Å². The Bertz CT molecular complexity index is 1370. The zero-order valence-electron chi connectivity index (χ0n) is 22.5. The van der Waals surface area contributed by atoms with E-state index in [0.29, 0.717) is 0 Å². The van der Waals surface area contributed by atoms with Crippen LogP contribution in [-0.2, 0) is 16.2 Å². The molecule has 3 aromatic rings. The van der Waals surface area contributed by atoms with Gasteiger partial charge in [0.1, 0.15) is 5.41 Å². The van der Waals surface area contributed by atoms with Crippen LogP contribution >= 0.6 is 31.9 Å². The molecule has 37 heavy (non-hydrogen) atoms. The summed E-state index contributed by atoms with van der Waals surface area (Å²) in [5.41, 5.74) is 7.88. The lowest BCUT2D eigenvalue weighted by Crippen LogP contribution is -2.44. The third-order valence-corrected chi connectivity index (χ3v) is 9.00. The van der Waals surface area contributed by atoms with Crippen LogP contribution in [0.2, 0.25) is 0 Å². The average molecular weight is 618 g/mol. The number of benzene rings is 3. The van der Waals surface area contributed by atoms with Crippen LogP contribution in [0.15, 0.2) is 88.9 Å². The summed E-state index contributed by atoms with van der Waals surface area (Å²) in [6.07, 6.45) is 5.19. The first kappa shape index (κ1) is 26.4. The Hall–Kier alpha value is -2.23. The fourth-order valence-electron chi connectivity index (χ4n) is 5.78. The largest absolute Gasteiger partial charge is 0.292 e. The molecule has 0 amide bonds. The molecule has 0 aliphatic heterocycles. The summed E-state index contributed by atoms with van der Waals surface area (Å²) in [6, 6.07) is 23.7. The Morgan fingerprint density at radius 2 is 1.27 bits per heavy atom. The number of carbonyl (C=O) groups excluding carboxylic acids is 1. The van der Waals surface area contributed by atoms with E-state index in [2.05, 4.69) is 140 Å². The number of hydrogen-bond acceptors (Lipinski definition) is 1. The Morgan fingerprint density at radius 1 is 0.757 bits per heavy atom. The minimum atomic E-state index is -0.896. The van der Waals surface area contributed by atoms with Crippen LogP contribution in [-0.4, -0.2) is 10.6 Å². The summed E-state index contributed by atoms with van der Waals surface area (Å²) in [7, 11) is 0. The predicted octanol–water partition coefficient (Wildman–Crippen LogP) is 9.70. The molecule has 190 valence electrons. The lowest BCUT2D eigenvalue weighted by Gasteiger charge is -2.43. The van der Waals surface area contributed by atoms with Crippen molar-refractivity contribution in [2.24, 2.45) is 0 Å². The van der Waals surface area contributed by atoms with E-state index >= 15 is 0 Å². The zero-order chi connectivity index (χ0) is 26.8. The van der Waals surface area contributed by atoms with Crippen LogP contribution in [0.3, 0.4) is 0 Å². The van der Waals surface area contributed by atoms with Gasteiger partial charge < -0.3 is 0 Å². The molecular weight excluding hydrogens is 584 g/mol. The Kier molecular flexibility index (Phi) is 6.56. The molecule has 5 rings (SSSR count). The van der Waals surface area contributed by atoms with Gasteiger partial charge in [-0.1, -0.05) is 140 Å². The number of hydrogen-bond donors (Lipinski definition) is 0. The molecule has 0 spiro atoms. The highest BCUT2D eigenvalue weighted by Gasteiger charge is 2.51. The number of ketones is 1. The van der Waals surface area contributed by atoms with Crippen LogP contribution in [0.4, 0.5) is 0 Å². The smallest absolute Gasteiger partial charge is 0.182 e. The monoisotopic (exact) mass is 616 g/mol. The second-order valence-electron chi connectivity index (χ2n) is 12.4. The molecule has 1 atom stereocenters. The molecule has 1 unspecified atom stereocenters. The van der Waals surface area contributed by atoms with Crippen molar-refractivity contribution in [1.82, 2.24) is 0 Å². The molecule has 0 radical (unpaired) electrons. The third kappa shape index (κ3) is 4.42. The molecule has 0 saturated carbocycles. The molecule has 2 aliphatic carbocycles. The summed E-state index contributed by atoms with van der Waals surface area (Å²) >= 11 is 7.49. The van der Waals surface area contributed by atoms with Crippen molar-refractivity contribution < 1.29 is 4.79 Å². The number of alkyl halides is 1. The highest BCUT2D eigenvalue weighted by molar-refractivity contribution is 9.10. The van der Waals surface area contributed by atoms with Crippen LogP contribution in [0.1, 0.15) is 86.1 Å². The quantitative estimate of drug-likeness (QED) is 0.262.